The van der Waals surface area contributed by atoms with E-state index < -0.39 is 29.3 Å². The summed E-state index contributed by atoms with van der Waals surface area (Å²) < 4.78 is 73.2. The molecule has 0 aromatic heterocycles. The van der Waals surface area contributed by atoms with E-state index in [9.17, 15) is 26.3 Å². The quantitative estimate of drug-likeness (QED) is 0.599. The molecule has 1 saturated heterocycles. The fraction of sp³-hybridized carbons (Fsp3) is 1.00. The third-order valence-corrected chi connectivity index (χ3v) is 2.80. The molecule has 1 heterocycles. The Hall–Kier alpha value is -0.0700. The Bertz CT molecular complexity index is 183. The topological polar surface area (TPSA) is 0 Å². The Kier molecular flexibility index (Phi) is 2.26. The van der Waals surface area contributed by atoms with Crippen LogP contribution in [0.1, 0.15) is 0 Å². The van der Waals surface area contributed by atoms with Gasteiger partial charge in [-0.25, -0.2) is 17.6 Å². The number of thioether (sulfide) groups is 1. The lowest BCUT2D eigenvalue weighted by molar-refractivity contribution is -0.190. The molecule has 0 spiro atoms. The third kappa shape index (κ3) is 1.09. The van der Waals surface area contributed by atoms with Gasteiger partial charge < -0.3 is 0 Å². The standard InChI is InChI=1S/C5H4F6S/c6-2(7)4(9)1-12-3(8)5(4,10)11/h2-3H,1H2. The van der Waals surface area contributed by atoms with Crippen molar-refractivity contribution in [2.45, 2.75) is 23.5 Å². The zero-order valence-electron chi connectivity index (χ0n) is 5.54. The van der Waals surface area contributed by atoms with Gasteiger partial charge in [0.15, 0.2) is 0 Å². The third-order valence-electron chi connectivity index (χ3n) is 1.62. The van der Waals surface area contributed by atoms with Gasteiger partial charge >= 0.3 is 5.92 Å². The van der Waals surface area contributed by atoms with E-state index in [0.717, 1.165) is 0 Å². The Labute approximate surface area is 68.3 Å². The van der Waals surface area contributed by atoms with Crippen LogP contribution < -0.4 is 0 Å². The average Bonchev–Trinajstić information content (AvgIpc) is 2.15. The molecule has 0 saturated carbocycles. The Morgan fingerprint density at radius 2 is 1.75 bits per heavy atom. The number of halogens is 6. The van der Waals surface area contributed by atoms with Crippen LogP contribution in [0.15, 0.2) is 0 Å². The van der Waals surface area contributed by atoms with Crippen molar-refractivity contribution in [3.05, 3.63) is 0 Å². The molecule has 72 valence electrons. The largest absolute Gasteiger partial charge is 0.327 e. The minimum Gasteiger partial charge on any atom is -0.230 e. The van der Waals surface area contributed by atoms with E-state index in [2.05, 4.69) is 0 Å². The van der Waals surface area contributed by atoms with Gasteiger partial charge in [0, 0.05) is 5.75 Å². The highest BCUT2D eigenvalue weighted by Gasteiger charge is 2.70. The molecule has 1 aliphatic rings. The molecule has 0 radical (unpaired) electrons. The zero-order valence-corrected chi connectivity index (χ0v) is 6.35. The van der Waals surface area contributed by atoms with Crippen molar-refractivity contribution in [3.8, 4) is 0 Å². The molecule has 0 amide bonds. The lowest BCUT2D eigenvalue weighted by atomic mass is 10.0. The van der Waals surface area contributed by atoms with E-state index >= 15 is 0 Å². The highest BCUT2D eigenvalue weighted by molar-refractivity contribution is 8.00. The molecule has 0 aliphatic carbocycles. The summed E-state index contributed by atoms with van der Waals surface area (Å²) in [6, 6.07) is 0. The van der Waals surface area contributed by atoms with Gasteiger partial charge in [-0.1, -0.05) is 0 Å². The summed E-state index contributed by atoms with van der Waals surface area (Å²) in [7, 11) is 0. The van der Waals surface area contributed by atoms with Gasteiger partial charge in [-0.15, -0.1) is 11.8 Å². The van der Waals surface area contributed by atoms with Crippen LogP contribution in [0.25, 0.3) is 0 Å². The Balaban J connectivity index is 2.93. The Morgan fingerprint density at radius 1 is 1.25 bits per heavy atom. The summed E-state index contributed by atoms with van der Waals surface area (Å²) in [5.74, 6) is -5.80. The maximum absolute atomic E-state index is 12.7. The van der Waals surface area contributed by atoms with Crippen LogP contribution in [0.3, 0.4) is 0 Å². The monoisotopic (exact) mass is 210 g/mol. The van der Waals surface area contributed by atoms with E-state index in [1.54, 1.807) is 0 Å². The maximum atomic E-state index is 12.7. The van der Waals surface area contributed by atoms with Crippen LogP contribution in [0.4, 0.5) is 26.3 Å². The first-order chi connectivity index (χ1) is 5.32. The second-order valence-corrected chi connectivity index (χ2v) is 3.45. The van der Waals surface area contributed by atoms with Gasteiger partial charge in [0.25, 0.3) is 6.43 Å². The van der Waals surface area contributed by atoms with E-state index in [0.29, 0.717) is 0 Å². The minimum atomic E-state index is -4.59. The second-order valence-electron chi connectivity index (χ2n) is 2.41. The maximum Gasteiger partial charge on any atom is 0.327 e. The molecule has 7 heteroatoms. The average molecular weight is 210 g/mol. The number of hydrogen-bond acceptors (Lipinski definition) is 1. The number of hydrogen-bond donors (Lipinski definition) is 0. The van der Waals surface area contributed by atoms with Crippen molar-refractivity contribution in [1.82, 2.24) is 0 Å². The summed E-state index contributed by atoms with van der Waals surface area (Å²) in [6.07, 6.45) is -3.86. The van der Waals surface area contributed by atoms with Gasteiger partial charge in [0.2, 0.25) is 11.2 Å². The predicted octanol–water partition coefficient (Wildman–Crippen LogP) is 2.64. The summed E-state index contributed by atoms with van der Waals surface area (Å²) in [5, 5.41) is 0. The molecule has 0 N–H and O–H groups in total. The molecule has 0 bridgehead atoms. The van der Waals surface area contributed by atoms with E-state index in [-0.39, 0.29) is 11.8 Å². The van der Waals surface area contributed by atoms with Crippen LogP contribution >= 0.6 is 11.8 Å². The van der Waals surface area contributed by atoms with Gasteiger partial charge in [-0.3, -0.25) is 0 Å². The smallest absolute Gasteiger partial charge is 0.230 e. The van der Waals surface area contributed by atoms with E-state index in [1.165, 1.54) is 0 Å². The molecule has 1 aliphatic heterocycles. The predicted molar refractivity (Wildman–Crippen MR) is 32.1 cm³/mol. The van der Waals surface area contributed by atoms with Crippen LogP contribution in [0.5, 0.6) is 0 Å². The SMILES string of the molecule is FC1SCC(F)(C(F)F)C1(F)F. The van der Waals surface area contributed by atoms with E-state index in [1.807, 2.05) is 0 Å². The first kappa shape index (κ1) is 10.0. The lowest BCUT2D eigenvalue weighted by Gasteiger charge is -2.25. The first-order valence-electron chi connectivity index (χ1n) is 2.93. The van der Waals surface area contributed by atoms with Crippen molar-refractivity contribution in [2.75, 3.05) is 5.75 Å². The highest BCUT2D eigenvalue weighted by Crippen LogP contribution is 2.52. The number of alkyl halides is 6. The molecule has 2 unspecified atom stereocenters. The normalized spacial score (nSPS) is 40.8. The van der Waals surface area contributed by atoms with Crippen molar-refractivity contribution >= 4 is 11.8 Å². The Morgan fingerprint density at radius 3 is 1.92 bits per heavy atom. The number of rotatable bonds is 1. The van der Waals surface area contributed by atoms with Crippen molar-refractivity contribution < 1.29 is 26.3 Å². The van der Waals surface area contributed by atoms with Gasteiger partial charge in [0.05, 0.1) is 0 Å². The molecular formula is C5H4F6S. The van der Waals surface area contributed by atoms with Gasteiger partial charge in [-0.05, 0) is 0 Å². The zero-order chi connectivity index (χ0) is 9.57. The fourth-order valence-corrected chi connectivity index (χ4v) is 1.90. The van der Waals surface area contributed by atoms with Gasteiger partial charge in [-0.2, -0.15) is 8.78 Å². The van der Waals surface area contributed by atoms with Crippen molar-refractivity contribution in [2.24, 2.45) is 0 Å². The highest BCUT2D eigenvalue weighted by atomic mass is 32.2. The van der Waals surface area contributed by atoms with Crippen molar-refractivity contribution in [3.63, 3.8) is 0 Å². The first-order valence-corrected chi connectivity index (χ1v) is 3.98. The molecule has 1 fully saturated rings. The van der Waals surface area contributed by atoms with E-state index in [4.69, 9.17) is 0 Å². The molecule has 1 rings (SSSR count). The minimum absolute atomic E-state index is 0.132. The summed E-state index contributed by atoms with van der Waals surface area (Å²) in [5.41, 5.74) is -6.90. The molecule has 0 nitrogen and oxygen atoms in total. The van der Waals surface area contributed by atoms with Crippen LogP contribution in [-0.4, -0.2) is 29.3 Å². The van der Waals surface area contributed by atoms with Crippen LogP contribution in [-0.2, 0) is 0 Å². The molecular weight excluding hydrogens is 206 g/mol. The fourth-order valence-electron chi connectivity index (χ4n) is 0.792. The lowest BCUT2D eigenvalue weighted by Crippen LogP contribution is -2.50. The van der Waals surface area contributed by atoms with Gasteiger partial charge in [0.1, 0.15) is 0 Å². The summed E-state index contributed by atoms with van der Waals surface area (Å²) >= 11 is -0.132. The second kappa shape index (κ2) is 2.71. The van der Waals surface area contributed by atoms with Crippen LogP contribution in [0, 0.1) is 0 Å². The summed E-state index contributed by atoms with van der Waals surface area (Å²) in [6.45, 7) is 0. The molecule has 0 aromatic carbocycles. The molecule has 2 atom stereocenters. The van der Waals surface area contributed by atoms with Crippen LogP contribution in [0.2, 0.25) is 0 Å². The molecule has 12 heavy (non-hydrogen) atoms. The van der Waals surface area contributed by atoms with Crippen molar-refractivity contribution in [1.29, 1.82) is 0 Å². The summed E-state index contributed by atoms with van der Waals surface area (Å²) in [4.78, 5) is 0. The molecule has 0 aromatic rings.